The zero-order valence-corrected chi connectivity index (χ0v) is 14.7. The molecule has 0 spiro atoms. The molecule has 1 aromatic carbocycles. The summed E-state index contributed by atoms with van der Waals surface area (Å²) < 4.78 is 5.39. The maximum absolute atomic E-state index is 12.6. The van der Waals surface area contributed by atoms with Crippen molar-refractivity contribution in [2.24, 2.45) is 0 Å². The highest BCUT2D eigenvalue weighted by molar-refractivity contribution is 5.93. The van der Waals surface area contributed by atoms with Crippen LogP contribution < -0.4 is 15.1 Å². The molecule has 0 saturated carbocycles. The van der Waals surface area contributed by atoms with Gasteiger partial charge in [-0.1, -0.05) is 0 Å². The van der Waals surface area contributed by atoms with Crippen molar-refractivity contribution in [3.8, 4) is 0 Å². The Balaban J connectivity index is 1.55. The number of nitrogens with zero attached hydrogens (tertiary/aromatic N) is 1. The lowest BCUT2D eigenvalue weighted by Crippen LogP contribution is -3.16. The third-order valence-electron chi connectivity index (χ3n) is 5.26. The summed E-state index contributed by atoms with van der Waals surface area (Å²) in [6.45, 7) is 7.72. The Morgan fingerprint density at radius 1 is 1.08 bits per heavy atom. The first-order valence-corrected chi connectivity index (χ1v) is 9.32. The van der Waals surface area contributed by atoms with Crippen LogP contribution in [0, 0.1) is 0 Å². The highest BCUT2D eigenvalue weighted by Gasteiger charge is 2.25. The largest absolute Gasteiger partial charge is 0.378 e. The Hall–Kier alpha value is -1.59. The number of hydrogen-bond donors (Lipinski definition) is 2. The van der Waals surface area contributed by atoms with Gasteiger partial charge in [-0.15, -0.1) is 0 Å². The van der Waals surface area contributed by atoms with Crippen LogP contribution in [0.15, 0.2) is 24.3 Å². The predicted molar refractivity (Wildman–Crippen MR) is 96.7 cm³/mol. The second kappa shape index (κ2) is 8.49. The van der Waals surface area contributed by atoms with E-state index in [1.54, 1.807) is 0 Å². The average molecular weight is 332 g/mol. The van der Waals surface area contributed by atoms with Gasteiger partial charge in [-0.2, -0.15) is 0 Å². The molecule has 0 aliphatic carbocycles. The van der Waals surface area contributed by atoms with Gasteiger partial charge in [-0.05, 0) is 56.9 Å². The molecule has 0 aromatic heterocycles. The standard InChI is InChI=1S/C19H29N3O2/c1-16(21-10-4-2-3-5-11-21)19(23)20-17-6-8-18(9-7-17)22-12-14-24-15-13-22/h6-9,16H,2-5,10-15H2,1H3,(H,20,23)/p+1/t16-/m0/s1. The number of rotatable bonds is 4. The summed E-state index contributed by atoms with van der Waals surface area (Å²) >= 11 is 0. The molecule has 2 N–H and O–H groups in total. The Kier molecular flexibility index (Phi) is 6.10. The summed E-state index contributed by atoms with van der Waals surface area (Å²) in [5.41, 5.74) is 2.08. The van der Waals surface area contributed by atoms with Gasteiger partial charge in [-0.25, -0.2) is 0 Å². The first-order chi connectivity index (χ1) is 11.7. The van der Waals surface area contributed by atoms with E-state index in [0.29, 0.717) is 0 Å². The summed E-state index contributed by atoms with van der Waals surface area (Å²) in [6, 6.07) is 8.21. The van der Waals surface area contributed by atoms with E-state index in [1.165, 1.54) is 36.3 Å². The number of likely N-dealkylation sites (tertiary alicyclic amines) is 1. The molecule has 2 aliphatic rings. The van der Waals surface area contributed by atoms with Crippen LogP contribution >= 0.6 is 0 Å². The van der Waals surface area contributed by atoms with Crippen molar-refractivity contribution in [3.05, 3.63) is 24.3 Å². The fourth-order valence-corrected chi connectivity index (χ4v) is 3.63. The second-order valence-electron chi connectivity index (χ2n) is 6.93. The van der Waals surface area contributed by atoms with Crippen molar-refractivity contribution in [2.45, 2.75) is 38.6 Å². The van der Waals surface area contributed by atoms with E-state index >= 15 is 0 Å². The molecule has 1 aromatic rings. The summed E-state index contributed by atoms with van der Waals surface area (Å²) in [4.78, 5) is 16.3. The zero-order valence-electron chi connectivity index (χ0n) is 14.7. The highest BCUT2D eigenvalue weighted by Crippen LogP contribution is 2.19. The van der Waals surface area contributed by atoms with Gasteiger partial charge < -0.3 is 19.9 Å². The van der Waals surface area contributed by atoms with Crippen molar-refractivity contribution in [1.29, 1.82) is 0 Å². The van der Waals surface area contributed by atoms with E-state index < -0.39 is 0 Å². The number of amides is 1. The number of quaternary nitrogens is 1. The summed E-state index contributed by atoms with van der Waals surface area (Å²) in [5, 5.41) is 3.09. The van der Waals surface area contributed by atoms with Gasteiger partial charge in [0.1, 0.15) is 0 Å². The van der Waals surface area contributed by atoms with Gasteiger partial charge in [0.15, 0.2) is 6.04 Å². The molecule has 24 heavy (non-hydrogen) atoms. The number of anilines is 2. The van der Waals surface area contributed by atoms with Crippen LogP contribution in [0.5, 0.6) is 0 Å². The molecule has 3 rings (SSSR count). The van der Waals surface area contributed by atoms with E-state index in [0.717, 1.165) is 45.1 Å². The molecule has 2 aliphatic heterocycles. The summed E-state index contributed by atoms with van der Waals surface area (Å²) in [6.07, 6.45) is 5.09. The van der Waals surface area contributed by atoms with Gasteiger partial charge >= 0.3 is 0 Å². The van der Waals surface area contributed by atoms with Crippen molar-refractivity contribution < 1.29 is 14.4 Å². The van der Waals surface area contributed by atoms with Crippen LogP contribution in [0.3, 0.4) is 0 Å². The number of hydrogen-bond acceptors (Lipinski definition) is 3. The monoisotopic (exact) mass is 332 g/mol. The predicted octanol–water partition coefficient (Wildman–Crippen LogP) is 1.31. The van der Waals surface area contributed by atoms with Crippen LogP contribution in [0.25, 0.3) is 0 Å². The maximum atomic E-state index is 12.6. The molecule has 1 amide bonds. The molecule has 5 heteroatoms. The lowest BCUT2D eigenvalue weighted by molar-refractivity contribution is -0.913. The molecule has 2 heterocycles. The van der Waals surface area contributed by atoms with E-state index in [9.17, 15) is 4.79 Å². The molecule has 2 fully saturated rings. The molecular weight excluding hydrogens is 302 g/mol. The molecular formula is C19H30N3O2+. The van der Waals surface area contributed by atoms with Crippen LogP contribution in [0.2, 0.25) is 0 Å². The first kappa shape index (κ1) is 17.2. The molecule has 0 bridgehead atoms. The lowest BCUT2D eigenvalue weighted by atomic mass is 10.2. The molecule has 0 unspecified atom stereocenters. The number of carbonyl (C=O) groups excluding carboxylic acids is 1. The molecule has 0 radical (unpaired) electrons. The van der Waals surface area contributed by atoms with E-state index in [1.807, 2.05) is 12.1 Å². The number of carbonyl (C=O) groups is 1. The van der Waals surface area contributed by atoms with Crippen LogP contribution in [0.1, 0.15) is 32.6 Å². The number of benzene rings is 1. The summed E-state index contributed by atoms with van der Waals surface area (Å²) in [7, 11) is 0. The fourth-order valence-electron chi connectivity index (χ4n) is 3.63. The van der Waals surface area contributed by atoms with E-state index in [-0.39, 0.29) is 11.9 Å². The third kappa shape index (κ3) is 4.48. The Bertz CT molecular complexity index is 518. The Labute approximate surface area is 145 Å². The SMILES string of the molecule is C[C@@H](C(=O)Nc1ccc(N2CCOCC2)cc1)[NH+]1CCCCCC1. The minimum absolute atomic E-state index is 0.0158. The highest BCUT2D eigenvalue weighted by atomic mass is 16.5. The van der Waals surface area contributed by atoms with Gasteiger partial charge in [0.05, 0.1) is 26.3 Å². The number of nitrogens with one attached hydrogen (secondary N) is 2. The lowest BCUT2D eigenvalue weighted by Gasteiger charge is -2.29. The van der Waals surface area contributed by atoms with Gasteiger partial charge in [0.25, 0.3) is 5.91 Å². The fraction of sp³-hybridized carbons (Fsp3) is 0.632. The van der Waals surface area contributed by atoms with E-state index in [4.69, 9.17) is 4.74 Å². The maximum Gasteiger partial charge on any atom is 0.282 e. The zero-order chi connectivity index (χ0) is 16.8. The molecule has 132 valence electrons. The van der Waals surface area contributed by atoms with Crippen molar-refractivity contribution in [3.63, 3.8) is 0 Å². The number of ether oxygens (including phenoxy) is 1. The third-order valence-corrected chi connectivity index (χ3v) is 5.26. The van der Waals surface area contributed by atoms with Crippen molar-refractivity contribution in [1.82, 2.24) is 0 Å². The topological polar surface area (TPSA) is 46.0 Å². The normalized spacial score (nSPS) is 21.1. The second-order valence-corrected chi connectivity index (χ2v) is 6.93. The Morgan fingerprint density at radius 3 is 2.33 bits per heavy atom. The smallest absolute Gasteiger partial charge is 0.282 e. The molecule has 2 saturated heterocycles. The Morgan fingerprint density at radius 2 is 1.71 bits per heavy atom. The van der Waals surface area contributed by atoms with Gasteiger partial charge in [0.2, 0.25) is 0 Å². The minimum Gasteiger partial charge on any atom is -0.378 e. The van der Waals surface area contributed by atoms with Gasteiger partial charge in [-0.3, -0.25) is 4.79 Å². The molecule has 5 nitrogen and oxygen atoms in total. The average Bonchev–Trinajstić information content (AvgIpc) is 2.92. The van der Waals surface area contributed by atoms with Crippen LogP contribution in [-0.4, -0.2) is 51.3 Å². The van der Waals surface area contributed by atoms with Crippen LogP contribution in [-0.2, 0) is 9.53 Å². The number of morpholine rings is 1. The quantitative estimate of drug-likeness (QED) is 0.874. The van der Waals surface area contributed by atoms with Crippen molar-refractivity contribution >= 4 is 17.3 Å². The van der Waals surface area contributed by atoms with E-state index in [2.05, 4.69) is 29.3 Å². The minimum atomic E-state index is 0.0158. The molecule has 1 atom stereocenters. The summed E-state index contributed by atoms with van der Waals surface area (Å²) in [5.74, 6) is 0.131. The first-order valence-electron chi connectivity index (χ1n) is 9.32. The van der Waals surface area contributed by atoms with Crippen LogP contribution in [0.4, 0.5) is 11.4 Å². The van der Waals surface area contributed by atoms with Crippen molar-refractivity contribution in [2.75, 3.05) is 49.6 Å². The van der Waals surface area contributed by atoms with Gasteiger partial charge in [0, 0.05) is 24.5 Å².